The fourth-order valence-corrected chi connectivity index (χ4v) is 4.92. The Morgan fingerprint density at radius 2 is 1.88 bits per heavy atom. The van der Waals surface area contributed by atoms with Crippen LogP contribution in [0.5, 0.6) is 0 Å². The number of fused-ring (bicyclic) bond motifs is 1. The van der Waals surface area contributed by atoms with Crippen molar-refractivity contribution in [3.05, 3.63) is 58.8 Å². The van der Waals surface area contributed by atoms with Crippen LogP contribution in [0.15, 0.2) is 52.4 Å². The average molecular weight is 372 g/mol. The van der Waals surface area contributed by atoms with Crippen molar-refractivity contribution in [2.24, 2.45) is 14.1 Å². The molecular weight excluding hydrogens is 352 g/mol. The smallest absolute Gasteiger partial charge is 0.295 e. The first-order chi connectivity index (χ1) is 12.4. The lowest BCUT2D eigenvalue weighted by atomic mass is 10.3. The van der Waals surface area contributed by atoms with Crippen molar-refractivity contribution in [2.45, 2.75) is 30.3 Å². The second-order valence-corrected chi connectivity index (χ2v) is 8.58. The van der Waals surface area contributed by atoms with E-state index < -0.39 is 10.0 Å². The highest BCUT2D eigenvalue weighted by Gasteiger charge is 2.38. The second kappa shape index (κ2) is 6.07. The van der Waals surface area contributed by atoms with Gasteiger partial charge in [-0.1, -0.05) is 6.07 Å². The molecule has 0 bridgehead atoms. The van der Waals surface area contributed by atoms with Gasteiger partial charge in [0.05, 0.1) is 15.9 Å². The molecule has 1 aliphatic carbocycles. The molecule has 0 atom stereocenters. The zero-order chi connectivity index (χ0) is 18.5. The second-order valence-electron chi connectivity index (χ2n) is 6.69. The Morgan fingerprint density at radius 3 is 2.54 bits per heavy atom. The van der Waals surface area contributed by atoms with Crippen LogP contribution in [0.3, 0.4) is 0 Å². The highest BCUT2D eigenvalue weighted by molar-refractivity contribution is 7.89. The highest BCUT2D eigenvalue weighted by Crippen LogP contribution is 2.34. The highest BCUT2D eigenvalue weighted by atomic mass is 32.2. The maximum Gasteiger partial charge on any atom is 0.328 e. The topological polar surface area (TPSA) is 77.2 Å². The summed E-state index contributed by atoms with van der Waals surface area (Å²) in [7, 11) is -0.340. The SMILES string of the molecule is Cn1c(=O)n(C)c2cc(S(=O)(=O)N(Cc3cccnc3)C3CC3)ccc21. The van der Waals surface area contributed by atoms with E-state index in [1.54, 1.807) is 55.1 Å². The van der Waals surface area contributed by atoms with E-state index in [1.807, 2.05) is 6.07 Å². The van der Waals surface area contributed by atoms with Crippen molar-refractivity contribution in [3.8, 4) is 0 Å². The molecule has 8 heteroatoms. The van der Waals surface area contributed by atoms with Crippen LogP contribution in [0.25, 0.3) is 11.0 Å². The number of nitrogens with zero attached hydrogens (tertiary/aromatic N) is 4. The van der Waals surface area contributed by atoms with E-state index in [-0.39, 0.29) is 16.6 Å². The first-order valence-corrected chi connectivity index (χ1v) is 9.90. The summed E-state index contributed by atoms with van der Waals surface area (Å²) in [4.78, 5) is 16.4. The van der Waals surface area contributed by atoms with Crippen molar-refractivity contribution < 1.29 is 8.42 Å². The Hall–Kier alpha value is -2.45. The van der Waals surface area contributed by atoms with E-state index in [0.29, 0.717) is 17.6 Å². The normalized spacial score (nSPS) is 15.0. The van der Waals surface area contributed by atoms with E-state index in [9.17, 15) is 13.2 Å². The van der Waals surface area contributed by atoms with Crippen molar-refractivity contribution in [2.75, 3.05) is 0 Å². The molecule has 7 nitrogen and oxygen atoms in total. The number of aryl methyl sites for hydroxylation is 2. The number of aromatic nitrogens is 3. The van der Waals surface area contributed by atoms with E-state index in [1.165, 1.54) is 9.13 Å². The summed E-state index contributed by atoms with van der Waals surface area (Å²) in [5.74, 6) is 0. The number of hydrogen-bond donors (Lipinski definition) is 0. The largest absolute Gasteiger partial charge is 0.328 e. The molecule has 2 aromatic heterocycles. The van der Waals surface area contributed by atoms with Gasteiger partial charge in [0.15, 0.2) is 0 Å². The zero-order valence-corrected chi connectivity index (χ0v) is 15.5. The summed E-state index contributed by atoms with van der Waals surface area (Å²) < 4.78 is 31.1. The minimum atomic E-state index is -3.67. The predicted molar refractivity (Wildman–Crippen MR) is 98.1 cm³/mol. The molecule has 0 aliphatic heterocycles. The van der Waals surface area contributed by atoms with Crippen LogP contribution in [-0.4, -0.2) is 32.9 Å². The number of imidazole rings is 1. The molecule has 136 valence electrons. The molecule has 1 aromatic carbocycles. The molecule has 4 rings (SSSR count). The van der Waals surface area contributed by atoms with Gasteiger partial charge in [-0.05, 0) is 42.7 Å². The predicted octanol–water partition coefficient (Wildman–Crippen LogP) is 1.63. The minimum absolute atomic E-state index is 0.0236. The van der Waals surface area contributed by atoms with E-state index >= 15 is 0 Å². The van der Waals surface area contributed by atoms with Crippen LogP contribution in [0.4, 0.5) is 0 Å². The van der Waals surface area contributed by atoms with E-state index in [2.05, 4.69) is 4.98 Å². The van der Waals surface area contributed by atoms with Crippen molar-refractivity contribution in [1.82, 2.24) is 18.4 Å². The standard InChI is InChI=1S/C18H20N4O3S/c1-20-16-8-7-15(10-17(16)21(2)18(20)23)26(24,25)22(14-5-6-14)12-13-4-3-9-19-11-13/h3-4,7-11,14H,5-6,12H2,1-2H3. The van der Waals surface area contributed by atoms with E-state index in [4.69, 9.17) is 0 Å². The summed E-state index contributed by atoms with van der Waals surface area (Å²) >= 11 is 0. The van der Waals surface area contributed by atoms with Gasteiger partial charge in [0.2, 0.25) is 10.0 Å². The fourth-order valence-electron chi connectivity index (χ4n) is 3.23. The Kier molecular flexibility index (Phi) is 3.96. The molecule has 0 saturated heterocycles. The zero-order valence-electron chi connectivity index (χ0n) is 14.7. The molecule has 0 unspecified atom stereocenters. The lowest BCUT2D eigenvalue weighted by Gasteiger charge is -2.22. The molecule has 1 fully saturated rings. The molecule has 1 aliphatic rings. The summed E-state index contributed by atoms with van der Waals surface area (Å²) in [6.07, 6.45) is 5.09. The fraction of sp³-hybridized carbons (Fsp3) is 0.333. The van der Waals surface area contributed by atoms with Gasteiger partial charge in [-0.3, -0.25) is 14.1 Å². The van der Waals surface area contributed by atoms with Gasteiger partial charge >= 0.3 is 5.69 Å². The quantitative estimate of drug-likeness (QED) is 0.682. The van der Waals surface area contributed by atoms with Gasteiger partial charge in [0, 0.05) is 39.1 Å². The average Bonchev–Trinajstić information content (AvgIpc) is 3.46. The van der Waals surface area contributed by atoms with Crippen LogP contribution in [0.1, 0.15) is 18.4 Å². The Morgan fingerprint density at radius 1 is 1.15 bits per heavy atom. The van der Waals surface area contributed by atoms with Gasteiger partial charge in [-0.15, -0.1) is 0 Å². The number of hydrogen-bond acceptors (Lipinski definition) is 4. The Labute approximate surface area is 151 Å². The van der Waals surface area contributed by atoms with E-state index in [0.717, 1.165) is 18.4 Å². The number of rotatable bonds is 5. The van der Waals surface area contributed by atoms with Gasteiger partial charge in [0.1, 0.15) is 0 Å². The van der Waals surface area contributed by atoms with Crippen LogP contribution in [-0.2, 0) is 30.7 Å². The minimum Gasteiger partial charge on any atom is -0.295 e. The first kappa shape index (κ1) is 17.0. The number of sulfonamides is 1. The summed E-state index contributed by atoms with van der Waals surface area (Å²) in [6.45, 7) is 0.298. The Balaban J connectivity index is 1.78. The summed E-state index contributed by atoms with van der Waals surface area (Å²) in [5.41, 5.74) is 2.00. The lowest BCUT2D eigenvalue weighted by molar-refractivity contribution is 0.398. The van der Waals surface area contributed by atoms with Crippen LogP contribution < -0.4 is 5.69 Å². The maximum atomic E-state index is 13.3. The first-order valence-electron chi connectivity index (χ1n) is 8.46. The van der Waals surface area contributed by atoms with Crippen molar-refractivity contribution in [1.29, 1.82) is 0 Å². The molecular formula is C18H20N4O3S. The third kappa shape index (κ3) is 2.75. The molecule has 0 N–H and O–H groups in total. The number of benzene rings is 1. The van der Waals surface area contributed by atoms with Crippen LogP contribution in [0.2, 0.25) is 0 Å². The Bertz CT molecular complexity index is 1130. The summed E-state index contributed by atoms with van der Waals surface area (Å²) in [6, 6.07) is 8.57. The third-order valence-corrected chi connectivity index (χ3v) is 6.76. The molecule has 2 heterocycles. The van der Waals surface area contributed by atoms with Crippen molar-refractivity contribution >= 4 is 21.1 Å². The van der Waals surface area contributed by atoms with Crippen molar-refractivity contribution in [3.63, 3.8) is 0 Å². The van der Waals surface area contributed by atoms with Gasteiger partial charge in [-0.2, -0.15) is 4.31 Å². The third-order valence-electron chi connectivity index (χ3n) is 4.87. The molecule has 0 amide bonds. The molecule has 3 aromatic rings. The lowest BCUT2D eigenvalue weighted by Crippen LogP contribution is -2.32. The van der Waals surface area contributed by atoms with Gasteiger partial charge < -0.3 is 0 Å². The number of pyridine rings is 1. The van der Waals surface area contributed by atoms with Crippen LogP contribution in [0, 0.1) is 0 Å². The maximum absolute atomic E-state index is 13.3. The van der Waals surface area contributed by atoms with Gasteiger partial charge in [0.25, 0.3) is 0 Å². The molecule has 1 saturated carbocycles. The molecule has 0 spiro atoms. The van der Waals surface area contributed by atoms with Crippen LogP contribution >= 0.6 is 0 Å². The van der Waals surface area contributed by atoms with Gasteiger partial charge in [-0.25, -0.2) is 13.2 Å². The molecule has 26 heavy (non-hydrogen) atoms. The monoisotopic (exact) mass is 372 g/mol. The molecule has 0 radical (unpaired) electrons. The summed E-state index contributed by atoms with van der Waals surface area (Å²) in [5, 5.41) is 0.